The highest BCUT2D eigenvalue weighted by molar-refractivity contribution is 5.78. The molecule has 0 aromatic rings. The smallest absolute Gasteiger partial charge is 0.304 e. The summed E-state index contributed by atoms with van der Waals surface area (Å²) in [6.45, 7) is 6.38. The maximum Gasteiger partial charge on any atom is 0.304 e. The van der Waals surface area contributed by atoms with Crippen molar-refractivity contribution in [2.24, 2.45) is 0 Å². The number of rotatable bonds is 6. The van der Waals surface area contributed by atoms with Crippen molar-refractivity contribution >= 4 is 11.9 Å². The second-order valence-corrected chi connectivity index (χ2v) is 4.94. The van der Waals surface area contributed by atoms with Crippen LogP contribution in [0.5, 0.6) is 0 Å². The SMILES string of the molecule is CCN(CCC(=O)O)CC(=O)N1CCCCC1C. The normalized spacial score (nSPS) is 20.2. The Bertz CT molecular complexity index is 294. The van der Waals surface area contributed by atoms with E-state index >= 15 is 0 Å². The van der Waals surface area contributed by atoms with Gasteiger partial charge in [0.25, 0.3) is 0 Å². The fraction of sp³-hybridized carbons (Fsp3) is 0.846. The largest absolute Gasteiger partial charge is 0.481 e. The van der Waals surface area contributed by atoms with Crippen LogP contribution in [0.3, 0.4) is 0 Å². The Morgan fingerprint density at radius 3 is 2.67 bits per heavy atom. The van der Waals surface area contributed by atoms with Crippen molar-refractivity contribution in [3.63, 3.8) is 0 Å². The average Bonchev–Trinajstić information content (AvgIpc) is 2.34. The predicted octanol–water partition coefficient (Wildman–Crippen LogP) is 1.18. The summed E-state index contributed by atoms with van der Waals surface area (Å²) in [7, 11) is 0. The Kier molecular flexibility index (Phi) is 6.12. The summed E-state index contributed by atoms with van der Waals surface area (Å²) in [4.78, 5) is 26.5. The van der Waals surface area contributed by atoms with Gasteiger partial charge < -0.3 is 10.0 Å². The van der Waals surface area contributed by atoms with E-state index in [1.165, 1.54) is 6.42 Å². The van der Waals surface area contributed by atoms with Gasteiger partial charge in [0.1, 0.15) is 0 Å². The van der Waals surface area contributed by atoms with Crippen LogP contribution >= 0.6 is 0 Å². The number of nitrogens with zero attached hydrogens (tertiary/aromatic N) is 2. The molecule has 1 saturated heterocycles. The van der Waals surface area contributed by atoms with Crippen LogP contribution < -0.4 is 0 Å². The Morgan fingerprint density at radius 2 is 2.11 bits per heavy atom. The Morgan fingerprint density at radius 1 is 1.39 bits per heavy atom. The van der Waals surface area contributed by atoms with E-state index < -0.39 is 5.97 Å². The van der Waals surface area contributed by atoms with Crippen LogP contribution in [0.25, 0.3) is 0 Å². The third-order valence-electron chi connectivity index (χ3n) is 3.57. The summed E-state index contributed by atoms with van der Waals surface area (Å²) in [5.41, 5.74) is 0. The molecule has 1 fully saturated rings. The quantitative estimate of drug-likeness (QED) is 0.775. The van der Waals surface area contributed by atoms with Crippen molar-refractivity contribution in [1.82, 2.24) is 9.80 Å². The fourth-order valence-electron chi connectivity index (χ4n) is 2.35. The van der Waals surface area contributed by atoms with Gasteiger partial charge in [-0.1, -0.05) is 6.92 Å². The van der Waals surface area contributed by atoms with Crippen molar-refractivity contribution < 1.29 is 14.7 Å². The first-order chi connectivity index (χ1) is 8.54. The lowest BCUT2D eigenvalue weighted by molar-refractivity contribution is -0.139. The van der Waals surface area contributed by atoms with E-state index in [9.17, 15) is 9.59 Å². The van der Waals surface area contributed by atoms with Gasteiger partial charge in [-0.25, -0.2) is 0 Å². The van der Waals surface area contributed by atoms with Gasteiger partial charge in [-0.15, -0.1) is 0 Å². The Hall–Kier alpha value is -1.10. The van der Waals surface area contributed by atoms with Crippen LogP contribution in [-0.4, -0.2) is 59.0 Å². The van der Waals surface area contributed by atoms with Gasteiger partial charge in [-0.3, -0.25) is 14.5 Å². The predicted molar refractivity (Wildman–Crippen MR) is 69.4 cm³/mol. The number of hydrogen-bond donors (Lipinski definition) is 1. The highest BCUT2D eigenvalue weighted by Crippen LogP contribution is 2.16. The summed E-state index contributed by atoms with van der Waals surface area (Å²) in [5.74, 6) is -0.679. The molecule has 5 heteroatoms. The molecule has 0 spiro atoms. The van der Waals surface area contributed by atoms with Gasteiger partial charge in [0, 0.05) is 19.1 Å². The van der Waals surface area contributed by atoms with E-state index in [1.807, 2.05) is 16.7 Å². The number of amides is 1. The summed E-state index contributed by atoms with van der Waals surface area (Å²) >= 11 is 0. The fourth-order valence-corrected chi connectivity index (χ4v) is 2.35. The van der Waals surface area contributed by atoms with E-state index in [0.29, 0.717) is 25.7 Å². The Labute approximate surface area is 109 Å². The third kappa shape index (κ3) is 4.64. The summed E-state index contributed by atoms with van der Waals surface area (Å²) in [5, 5.41) is 8.66. The minimum atomic E-state index is -0.813. The highest BCUT2D eigenvalue weighted by Gasteiger charge is 2.24. The first-order valence-corrected chi connectivity index (χ1v) is 6.78. The minimum Gasteiger partial charge on any atom is -0.481 e. The van der Waals surface area contributed by atoms with Crippen LogP contribution in [0.1, 0.15) is 39.5 Å². The number of piperidine rings is 1. The topological polar surface area (TPSA) is 60.9 Å². The summed E-state index contributed by atoms with van der Waals surface area (Å²) < 4.78 is 0. The zero-order chi connectivity index (χ0) is 13.5. The van der Waals surface area contributed by atoms with Crippen LogP contribution in [-0.2, 0) is 9.59 Å². The number of hydrogen-bond acceptors (Lipinski definition) is 3. The molecule has 104 valence electrons. The van der Waals surface area contributed by atoms with Crippen LogP contribution in [0, 0.1) is 0 Å². The zero-order valence-electron chi connectivity index (χ0n) is 11.4. The van der Waals surface area contributed by atoms with Gasteiger partial charge in [0.2, 0.25) is 5.91 Å². The molecule has 1 heterocycles. The number of likely N-dealkylation sites (N-methyl/N-ethyl adjacent to an activating group) is 1. The van der Waals surface area contributed by atoms with Gasteiger partial charge in [-0.05, 0) is 32.7 Å². The van der Waals surface area contributed by atoms with Gasteiger partial charge >= 0.3 is 5.97 Å². The molecular formula is C13H24N2O3. The van der Waals surface area contributed by atoms with Crippen LogP contribution in [0.4, 0.5) is 0 Å². The van der Waals surface area contributed by atoms with Gasteiger partial charge in [-0.2, -0.15) is 0 Å². The van der Waals surface area contributed by atoms with E-state index in [1.54, 1.807) is 0 Å². The molecular weight excluding hydrogens is 232 g/mol. The van der Waals surface area contributed by atoms with Crippen molar-refractivity contribution in [2.75, 3.05) is 26.2 Å². The van der Waals surface area contributed by atoms with Crippen molar-refractivity contribution in [3.8, 4) is 0 Å². The van der Waals surface area contributed by atoms with Crippen LogP contribution in [0.2, 0.25) is 0 Å². The van der Waals surface area contributed by atoms with Crippen molar-refractivity contribution in [1.29, 1.82) is 0 Å². The number of likely N-dealkylation sites (tertiary alicyclic amines) is 1. The lowest BCUT2D eigenvalue weighted by Crippen LogP contribution is -2.47. The number of carbonyl (C=O) groups is 2. The van der Waals surface area contributed by atoms with Crippen molar-refractivity contribution in [3.05, 3.63) is 0 Å². The lowest BCUT2D eigenvalue weighted by atomic mass is 10.0. The van der Waals surface area contributed by atoms with Crippen molar-refractivity contribution in [2.45, 2.75) is 45.6 Å². The van der Waals surface area contributed by atoms with E-state index in [4.69, 9.17) is 5.11 Å². The molecule has 1 amide bonds. The molecule has 0 saturated carbocycles. The maximum absolute atomic E-state index is 12.2. The Balaban J connectivity index is 2.42. The molecule has 1 N–H and O–H groups in total. The summed E-state index contributed by atoms with van der Waals surface area (Å²) in [6.07, 6.45) is 3.45. The second-order valence-electron chi connectivity index (χ2n) is 4.94. The highest BCUT2D eigenvalue weighted by atomic mass is 16.4. The molecule has 0 bridgehead atoms. The molecule has 1 unspecified atom stereocenters. The van der Waals surface area contributed by atoms with Gasteiger partial charge in [0.05, 0.1) is 13.0 Å². The molecule has 1 atom stereocenters. The first-order valence-electron chi connectivity index (χ1n) is 6.78. The molecule has 0 aromatic heterocycles. The maximum atomic E-state index is 12.2. The molecule has 1 rings (SSSR count). The second kappa shape index (κ2) is 7.36. The molecule has 1 aliphatic heterocycles. The molecule has 18 heavy (non-hydrogen) atoms. The number of carboxylic acid groups (broad SMARTS) is 1. The third-order valence-corrected chi connectivity index (χ3v) is 3.57. The standard InChI is InChI=1S/C13H24N2O3/c1-3-14(9-7-13(17)18)10-12(16)15-8-5-4-6-11(15)2/h11H,3-10H2,1-2H3,(H,17,18). The molecule has 5 nitrogen and oxygen atoms in total. The molecule has 0 aliphatic carbocycles. The minimum absolute atomic E-state index is 0.0939. The number of aliphatic carboxylic acids is 1. The number of carboxylic acids is 1. The molecule has 0 radical (unpaired) electrons. The first kappa shape index (κ1) is 15.0. The average molecular weight is 256 g/mol. The lowest BCUT2D eigenvalue weighted by Gasteiger charge is -2.35. The monoisotopic (exact) mass is 256 g/mol. The van der Waals surface area contributed by atoms with E-state index in [2.05, 4.69) is 6.92 Å². The molecule has 1 aliphatic rings. The van der Waals surface area contributed by atoms with Gasteiger partial charge in [0.15, 0.2) is 0 Å². The molecule has 0 aromatic carbocycles. The van der Waals surface area contributed by atoms with E-state index in [0.717, 1.165) is 19.4 Å². The van der Waals surface area contributed by atoms with Crippen LogP contribution in [0.15, 0.2) is 0 Å². The van der Waals surface area contributed by atoms with E-state index in [-0.39, 0.29) is 12.3 Å². The number of carbonyl (C=O) groups excluding carboxylic acids is 1. The zero-order valence-corrected chi connectivity index (χ0v) is 11.4. The summed E-state index contributed by atoms with van der Waals surface area (Å²) in [6, 6.07) is 0.324.